The van der Waals surface area contributed by atoms with E-state index in [-0.39, 0.29) is 5.41 Å². The smallest absolute Gasteiger partial charge is 0.135 e. The van der Waals surface area contributed by atoms with E-state index in [9.17, 15) is 0 Å². The number of para-hydroxylation sites is 4. The lowest BCUT2D eigenvalue weighted by atomic mass is 9.80. The van der Waals surface area contributed by atoms with Gasteiger partial charge in [-0.2, -0.15) is 0 Å². The van der Waals surface area contributed by atoms with Crippen molar-refractivity contribution in [2.45, 2.75) is 19.3 Å². The first-order valence-corrected chi connectivity index (χ1v) is 26.2. The number of fused-ring (bicyclic) bond motifs is 18. The van der Waals surface area contributed by atoms with Crippen LogP contribution in [0, 0.1) is 0 Å². The van der Waals surface area contributed by atoms with E-state index in [0.717, 1.165) is 78.0 Å². The van der Waals surface area contributed by atoms with Gasteiger partial charge >= 0.3 is 0 Å². The number of hydrogen-bond acceptors (Lipinski definition) is 4. The minimum absolute atomic E-state index is 0.221. The Morgan fingerprint density at radius 2 is 0.803 bits per heavy atom. The van der Waals surface area contributed by atoms with E-state index >= 15 is 0 Å². The predicted molar refractivity (Wildman–Crippen MR) is 318 cm³/mol. The first-order chi connectivity index (χ1) is 37.4. The molecule has 0 saturated carbocycles. The minimum atomic E-state index is -0.221. The first-order valence-electron chi connectivity index (χ1n) is 26.2. The van der Waals surface area contributed by atoms with E-state index in [4.69, 9.17) is 8.83 Å². The molecule has 12 aromatic carbocycles. The summed E-state index contributed by atoms with van der Waals surface area (Å²) in [5, 5.41) is 14.4. The van der Waals surface area contributed by atoms with Crippen molar-refractivity contribution in [1.82, 2.24) is 4.40 Å². The van der Waals surface area contributed by atoms with Gasteiger partial charge in [0.05, 0.1) is 16.6 Å². The number of rotatable bonds is 6. The van der Waals surface area contributed by atoms with Gasteiger partial charge in [0.15, 0.2) is 0 Å². The van der Waals surface area contributed by atoms with E-state index in [1.807, 2.05) is 24.3 Å². The van der Waals surface area contributed by atoms with Crippen molar-refractivity contribution in [2.24, 2.45) is 0 Å². The van der Waals surface area contributed by atoms with Crippen LogP contribution in [-0.4, -0.2) is 4.40 Å². The zero-order valence-electron chi connectivity index (χ0n) is 41.7. The topological polar surface area (TPSA) is 37.2 Å². The van der Waals surface area contributed by atoms with E-state index in [1.54, 1.807) is 0 Å². The highest BCUT2D eigenvalue weighted by atomic mass is 16.3. The molecule has 1 aliphatic carbocycles. The van der Waals surface area contributed by atoms with E-state index in [2.05, 4.69) is 240 Å². The summed E-state index contributed by atoms with van der Waals surface area (Å²) in [5.41, 5.74) is 19.0. The first kappa shape index (κ1) is 41.6. The molecule has 5 nitrogen and oxygen atoms in total. The minimum Gasteiger partial charge on any atom is -0.456 e. The molecule has 4 aromatic heterocycles. The fourth-order valence-electron chi connectivity index (χ4n) is 13.4. The molecule has 0 atom stereocenters. The molecule has 0 unspecified atom stereocenters. The quantitative estimate of drug-likeness (QED) is 0.166. The Morgan fingerprint density at radius 3 is 1.39 bits per heavy atom. The Hall–Kier alpha value is -9.84. The monoisotopic (exact) mass is 971 g/mol. The third-order valence-corrected chi connectivity index (χ3v) is 16.7. The molecule has 0 fully saturated rings. The molecule has 5 heteroatoms. The second-order valence-electron chi connectivity index (χ2n) is 21.3. The molecule has 76 heavy (non-hydrogen) atoms. The molecule has 0 amide bonds. The molecule has 0 bridgehead atoms. The van der Waals surface area contributed by atoms with Crippen molar-refractivity contribution in [2.75, 3.05) is 9.80 Å². The maximum absolute atomic E-state index is 6.29. The summed E-state index contributed by atoms with van der Waals surface area (Å²) >= 11 is 0. The number of furan rings is 2. The van der Waals surface area contributed by atoms with Crippen molar-refractivity contribution in [1.29, 1.82) is 0 Å². The van der Waals surface area contributed by atoms with Crippen molar-refractivity contribution in [3.8, 4) is 11.1 Å². The average molecular weight is 972 g/mol. The largest absolute Gasteiger partial charge is 0.456 e. The van der Waals surface area contributed by atoms with Gasteiger partial charge in [0.2, 0.25) is 0 Å². The summed E-state index contributed by atoms with van der Waals surface area (Å²) in [7, 11) is 0. The second kappa shape index (κ2) is 15.1. The summed E-state index contributed by atoms with van der Waals surface area (Å²) in [6, 6.07) is 86.4. The number of benzene rings is 12. The Balaban J connectivity index is 0.887. The summed E-state index contributed by atoms with van der Waals surface area (Å²) in [4.78, 5) is 4.74. The van der Waals surface area contributed by atoms with Crippen LogP contribution in [0.3, 0.4) is 0 Å². The molecular weight excluding hydrogens is 927 g/mol. The summed E-state index contributed by atoms with van der Waals surface area (Å²) in [6.07, 6.45) is 0. The van der Waals surface area contributed by atoms with Crippen LogP contribution in [0.15, 0.2) is 245 Å². The Kier molecular flexibility index (Phi) is 8.28. The number of aromatic nitrogens is 1. The van der Waals surface area contributed by atoms with Gasteiger partial charge in [-0.15, -0.1) is 0 Å². The molecule has 0 aliphatic heterocycles. The number of nitrogens with zero attached hydrogens (tertiary/aromatic N) is 3. The molecule has 4 heterocycles. The van der Waals surface area contributed by atoms with Gasteiger partial charge in [-0.3, -0.25) is 0 Å². The van der Waals surface area contributed by atoms with Crippen LogP contribution in [0.25, 0.3) is 115 Å². The van der Waals surface area contributed by atoms with Gasteiger partial charge < -0.3 is 23.0 Å². The Bertz CT molecular complexity index is 5100. The molecule has 356 valence electrons. The van der Waals surface area contributed by atoms with E-state index < -0.39 is 0 Å². The second-order valence-corrected chi connectivity index (χ2v) is 21.3. The van der Waals surface area contributed by atoms with Crippen molar-refractivity contribution in [3.63, 3.8) is 0 Å². The molecule has 0 spiro atoms. The van der Waals surface area contributed by atoms with Gasteiger partial charge in [0.25, 0.3) is 0 Å². The van der Waals surface area contributed by atoms with Crippen LogP contribution < -0.4 is 9.80 Å². The molecule has 17 rings (SSSR count). The van der Waals surface area contributed by atoms with Crippen LogP contribution in [-0.2, 0) is 5.41 Å². The maximum atomic E-state index is 6.29. The lowest BCUT2D eigenvalue weighted by molar-refractivity contribution is 0.666. The fraction of sp³-hybridized carbons (Fsp3) is 0.0423. The normalized spacial score (nSPS) is 13.2. The molecule has 1 aliphatic rings. The highest BCUT2D eigenvalue weighted by Gasteiger charge is 2.39. The van der Waals surface area contributed by atoms with Gasteiger partial charge in [0, 0.05) is 82.6 Å². The molecule has 16 aromatic rings. The summed E-state index contributed by atoms with van der Waals surface area (Å²) < 4.78 is 15.2. The molecule has 0 radical (unpaired) electrons. The molecule has 0 N–H and O–H groups in total. The lowest BCUT2D eigenvalue weighted by Gasteiger charge is -2.26. The van der Waals surface area contributed by atoms with Crippen LogP contribution in [0.5, 0.6) is 0 Å². The fourth-order valence-corrected chi connectivity index (χ4v) is 13.4. The zero-order valence-corrected chi connectivity index (χ0v) is 41.7. The van der Waals surface area contributed by atoms with Gasteiger partial charge in [-0.05, 0) is 171 Å². The Morgan fingerprint density at radius 1 is 0.329 bits per heavy atom. The molecule has 0 saturated heterocycles. The van der Waals surface area contributed by atoms with Crippen molar-refractivity contribution >= 4 is 138 Å². The highest BCUT2D eigenvalue weighted by Crippen LogP contribution is 2.56. The standard InChI is InChI=1S/C71H45N3O2/c1-71(2)61-22-12-9-19-52(61)58-41-59-55-35-44-33-48(72(46-15-5-3-6-16-46)50-29-31-66-56(39-50)53-20-10-13-23-64(53)75-66)27-25-42(44)37-62(55)74-63-38-43-26-28-49(34-45(43)36-60(63)68(69(58)71)70(59)74)73(47-17-7-4-8-18-47)51-30-32-67-57(40-51)54-21-11-14-24-65(54)76-67/h3-41H,1-2H3. The predicted octanol–water partition coefficient (Wildman–Crippen LogP) is 20.2. The van der Waals surface area contributed by atoms with Crippen LogP contribution in [0.4, 0.5) is 34.1 Å². The van der Waals surface area contributed by atoms with E-state index in [1.165, 1.54) is 81.9 Å². The molecular formula is C71H45N3O2. The van der Waals surface area contributed by atoms with Crippen molar-refractivity contribution in [3.05, 3.63) is 248 Å². The van der Waals surface area contributed by atoms with Gasteiger partial charge in [0.1, 0.15) is 22.3 Å². The summed E-state index contributed by atoms with van der Waals surface area (Å²) in [5.74, 6) is 0. The highest BCUT2D eigenvalue weighted by molar-refractivity contribution is 6.29. The van der Waals surface area contributed by atoms with Crippen LogP contribution in [0.1, 0.15) is 25.0 Å². The number of hydrogen-bond donors (Lipinski definition) is 0. The van der Waals surface area contributed by atoms with Crippen LogP contribution in [0.2, 0.25) is 0 Å². The average Bonchev–Trinajstić information content (AvgIpc) is 4.30. The summed E-state index contributed by atoms with van der Waals surface area (Å²) in [6.45, 7) is 4.84. The van der Waals surface area contributed by atoms with Crippen molar-refractivity contribution < 1.29 is 8.83 Å². The van der Waals surface area contributed by atoms with E-state index in [0.29, 0.717) is 0 Å². The maximum Gasteiger partial charge on any atom is 0.135 e. The van der Waals surface area contributed by atoms with Gasteiger partial charge in [-0.1, -0.05) is 123 Å². The Labute approximate surface area is 436 Å². The SMILES string of the molecule is CC1(C)c2ccccc2-c2cc3c4cc5cc(N(c6ccccc6)c6ccc7oc8ccccc8c7c6)ccc5cc4n4c5cc6ccc(N(c7ccccc7)c7ccc8oc9ccccc9c8c7)cc6cc5c(c21)c34. The third kappa shape index (κ3) is 5.74. The lowest BCUT2D eigenvalue weighted by Crippen LogP contribution is -2.15. The van der Waals surface area contributed by atoms with Crippen LogP contribution >= 0.6 is 0 Å². The number of anilines is 6. The van der Waals surface area contributed by atoms with Gasteiger partial charge in [-0.25, -0.2) is 0 Å². The third-order valence-electron chi connectivity index (χ3n) is 16.7. The zero-order chi connectivity index (χ0) is 50.0.